The number of hydrogen-bond acceptors (Lipinski definition) is 1. The molecule has 0 aliphatic carbocycles. The fourth-order valence-electron chi connectivity index (χ4n) is 1.99. The van der Waals surface area contributed by atoms with Gasteiger partial charge in [0.25, 0.3) is 0 Å². The van der Waals surface area contributed by atoms with Crippen LogP contribution >= 0.6 is 0 Å². The molecule has 0 aromatic heterocycles. The largest absolute Gasteiger partial charge is 0.326 e. The van der Waals surface area contributed by atoms with E-state index < -0.39 is 0 Å². The summed E-state index contributed by atoms with van der Waals surface area (Å²) < 4.78 is 0. The third-order valence-electron chi connectivity index (χ3n) is 2.86. The van der Waals surface area contributed by atoms with Crippen molar-refractivity contribution in [2.45, 2.75) is 12.8 Å². The molecule has 2 aromatic rings. The first-order valence-corrected chi connectivity index (χ1v) is 6.09. The predicted molar refractivity (Wildman–Crippen MR) is 77.9 cm³/mol. The lowest BCUT2D eigenvalue weighted by Crippen LogP contribution is -2.06. The quantitative estimate of drug-likeness (QED) is 0.830. The summed E-state index contributed by atoms with van der Waals surface area (Å²) in [6.07, 6.45) is 5.64. The Morgan fingerprint density at radius 3 is 2.16 bits per heavy atom. The van der Waals surface area contributed by atoms with Crippen molar-refractivity contribution in [1.82, 2.24) is 0 Å². The number of carbonyl (C=O) groups excluding carboxylic acids is 1. The van der Waals surface area contributed by atoms with Gasteiger partial charge in [0.2, 0.25) is 5.91 Å². The summed E-state index contributed by atoms with van der Waals surface area (Å²) in [5, 5.41) is 2.74. The van der Waals surface area contributed by atoms with Gasteiger partial charge in [-0.1, -0.05) is 48.4 Å². The summed E-state index contributed by atoms with van der Waals surface area (Å²) in [4.78, 5) is 11.0. The van der Waals surface area contributed by atoms with Crippen molar-refractivity contribution in [3.05, 3.63) is 65.7 Å². The molecule has 2 heteroatoms. The smallest absolute Gasteiger partial charge is 0.221 e. The number of amides is 1. The minimum Gasteiger partial charge on any atom is -0.326 e. The zero-order valence-corrected chi connectivity index (χ0v) is 10.8. The van der Waals surface area contributed by atoms with E-state index in [4.69, 9.17) is 6.42 Å². The van der Waals surface area contributed by atoms with Gasteiger partial charge in [-0.2, -0.15) is 0 Å². The molecule has 0 saturated heterocycles. The van der Waals surface area contributed by atoms with Crippen LogP contribution in [0.5, 0.6) is 0 Å². The Labute approximate surface area is 113 Å². The monoisotopic (exact) mass is 249 g/mol. The molecule has 2 aromatic carbocycles. The fourth-order valence-corrected chi connectivity index (χ4v) is 1.99. The van der Waals surface area contributed by atoms with E-state index in [-0.39, 0.29) is 11.8 Å². The zero-order valence-electron chi connectivity index (χ0n) is 10.8. The van der Waals surface area contributed by atoms with Crippen LogP contribution in [0.15, 0.2) is 54.6 Å². The van der Waals surface area contributed by atoms with E-state index in [1.807, 2.05) is 54.6 Å². The van der Waals surface area contributed by atoms with E-state index >= 15 is 0 Å². The Bertz CT molecular complexity index is 593. The molecule has 0 spiro atoms. The highest BCUT2D eigenvalue weighted by Crippen LogP contribution is 2.24. The maximum atomic E-state index is 11.0. The second kappa shape index (κ2) is 5.88. The van der Waals surface area contributed by atoms with Crippen molar-refractivity contribution in [2.75, 3.05) is 5.32 Å². The van der Waals surface area contributed by atoms with Crippen LogP contribution in [0.4, 0.5) is 5.69 Å². The van der Waals surface area contributed by atoms with Crippen molar-refractivity contribution in [3.63, 3.8) is 0 Å². The van der Waals surface area contributed by atoms with Crippen molar-refractivity contribution < 1.29 is 4.79 Å². The minimum absolute atomic E-state index is 0.0624. The Balaban J connectivity index is 2.26. The van der Waals surface area contributed by atoms with Crippen LogP contribution in [0.3, 0.4) is 0 Å². The Kier molecular flexibility index (Phi) is 4.00. The summed E-state index contributed by atoms with van der Waals surface area (Å²) in [6, 6.07) is 17.6. The fraction of sp³-hybridized carbons (Fsp3) is 0.118. The second-order valence-corrected chi connectivity index (χ2v) is 4.31. The predicted octanol–water partition coefficient (Wildman–Crippen LogP) is 3.41. The average Bonchev–Trinajstić information content (AvgIpc) is 2.42. The molecule has 19 heavy (non-hydrogen) atoms. The SMILES string of the molecule is C#CC(c1ccccc1)c1ccc(NC(C)=O)cc1. The van der Waals surface area contributed by atoms with E-state index in [9.17, 15) is 4.79 Å². The Hall–Kier alpha value is -2.53. The first kappa shape index (κ1) is 12.9. The number of anilines is 1. The van der Waals surface area contributed by atoms with Gasteiger partial charge in [-0.05, 0) is 23.3 Å². The number of benzene rings is 2. The number of carbonyl (C=O) groups is 1. The molecule has 0 aliphatic heterocycles. The van der Waals surface area contributed by atoms with Gasteiger partial charge in [-0.3, -0.25) is 4.79 Å². The number of terminal acetylenes is 1. The number of rotatable bonds is 3. The maximum Gasteiger partial charge on any atom is 0.221 e. The Morgan fingerprint density at radius 2 is 1.63 bits per heavy atom. The molecule has 0 bridgehead atoms. The zero-order chi connectivity index (χ0) is 13.7. The van der Waals surface area contributed by atoms with Crippen LogP contribution in [0.2, 0.25) is 0 Å². The highest BCUT2D eigenvalue weighted by molar-refractivity contribution is 5.88. The molecule has 0 heterocycles. The van der Waals surface area contributed by atoms with Crippen molar-refractivity contribution in [2.24, 2.45) is 0 Å². The summed E-state index contributed by atoms with van der Waals surface area (Å²) in [6.45, 7) is 1.49. The molecule has 0 saturated carbocycles. The summed E-state index contributed by atoms with van der Waals surface area (Å²) in [5.41, 5.74) is 2.92. The lowest BCUT2D eigenvalue weighted by Gasteiger charge is -2.12. The highest BCUT2D eigenvalue weighted by Gasteiger charge is 2.10. The lowest BCUT2D eigenvalue weighted by molar-refractivity contribution is -0.114. The molecule has 0 aliphatic rings. The standard InChI is InChI=1S/C17H15NO/c1-3-17(14-7-5-4-6-8-14)15-9-11-16(12-10-15)18-13(2)19/h1,4-12,17H,2H3,(H,18,19). The molecular weight excluding hydrogens is 234 g/mol. The van der Waals surface area contributed by atoms with E-state index in [2.05, 4.69) is 11.2 Å². The maximum absolute atomic E-state index is 11.0. The minimum atomic E-state index is -0.0793. The highest BCUT2D eigenvalue weighted by atomic mass is 16.1. The van der Waals surface area contributed by atoms with Gasteiger partial charge in [-0.25, -0.2) is 0 Å². The van der Waals surface area contributed by atoms with Gasteiger partial charge in [0.15, 0.2) is 0 Å². The molecule has 2 rings (SSSR count). The molecule has 1 N–H and O–H groups in total. The molecular formula is C17H15NO. The summed E-state index contributed by atoms with van der Waals surface area (Å²) >= 11 is 0. The van der Waals surface area contributed by atoms with Crippen LogP contribution in [0.1, 0.15) is 24.0 Å². The number of nitrogens with one attached hydrogen (secondary N) is 1. The first-order valence-electron chi connectivity index (χ1n) is 6.09. The third kappa shape index (κ3) is 3.23. The van der Waals surface area contributed by atoms with E-state index in [1.54, 1.807) is 0 Å². The van der Waals surface area contributed by atoms with Gasteiger partial charge in [-0.15, -0.1) is 6.42 Å². The summed E-state index contributed by atoms with van der Waals surface area (Å²) in [5.74, 6) is 2.67. The number of hydrogen-bond donors (Lipinski definition) is 1. The Morgan fingerprint density at radius 1 is 1.05 bits per heavy atom. The third-order valence-corrected chi connectivity index (χ3v) is 2.86. The molecule has 0 fully saturated rings. The van der Waals surface area contributed by atoms with Gasteiger partial charge < -0.3 is 5.32 Å². The average molecular weight is 249 g/mol. The normalized spacial score (nSPS) is 11.4. The van der Waals surface area contributed by atoms with Crippen LogP contribution in [0, 0.1) is 12.3 Å². The van der Waals surface area contributed by atoms with Crippen LogP contribution < -0.4 is 5.32 Å². The molecule has 1 unspecified atom stereocenters. The summed E-state index contributed by atoms with van der Waals surface area (Å²) in [7, 11) is 0. The molecule has 1 amide bonds. The van der Waals surface area contributed by atoms with Gasteiger partial charge >= 0.3 is 0 Å². The topological polar surface area (TPSA) is 29.1 Å². The first-order chi connectivity index (χ1) is 9.20. The van der Waals surface area contributed by atoms with Crippen molar-refractivity contribution in [3.8, 4) is 12.3 Å². The van der Waals surface area contributed by atoms with E-state index in [1.165, 1.54) is 6.92 Å². The lowest BCUT2D eigenvalue weighted by atomic mass is 9.92. The van der Waals surface area contributed by atoms with Gasteiger partial charge in [0.05, 0.1) is 5.92 Å². The second-order valence-electron chi connectivity index (χ2n) is 4.31. The van der Waals surface area contributed by atoms with Gasteiger partial charge in [0.1, 0.15) is 0 Å². The van der Waals surface area contributed by atoms with Crippen LogP contribution in [-0.4, -0.2) is 5.91 Å². The van der Waals surface area contributed by atoms with E-state index in [0.29, 0.717) is 0 Å². The molecule has 1 atom stereocenters. The molecule has 0 radical (unpaired) electrons. The van der Waals surface area contributed by atoms with Crippen molar-refractivity contribution in [1.29, 1.82) is 0 Å². The molecule has 94 valence electrons. The van der Waals surface area contributed by atoms with E-state index in [0.717, 1.165) is 16.8 Å². The van der Waals surface area contributed by atoms with Crippen LogP contribution in [0.25, 0.3) is 0 Å². The molecule has 2 nitrogen and oxygen atoms in total. The van der Waals surface area contributed by atoms with Crippen LogP contribution in [-0.2, 0) is 4.79 Å². The van der Waals surface area contributed by atoms with Gasteiger partial charge in [0, 0.05) is 12.6 Å². The van der Waals surface area contributed by atoms with Crippen molar-refractivity contribution >= 4 is 11.6 Å².